The van der Waals surface area contributed by atoms with Gasteiger partial charge in [0.25, 0.3) is 0 Å². The molecule has 0 bridgehead atoms. The SMILES string of the molecule is O=C(Nc1ccc(Sc2ccccc2Cl)cc1)C1CC(S(=O)(=O)N2CCOCC2)CN1. The lowest BCUT2D eigenvalue weighted by molar-refractivity contribution is -0.117. The van der Waals surface area contributed by atoms with E-state index in [9.17, 15) is 13.2 Å². The summed E-state index contributed by atoms with van der Waals surface area (Å²) >= 11 is 7.75. The molecular weight excluding hydrogens is 458 g/mol. The van der Waals surface area contributed by atoms with Crippen LogP contribution in [0.25, 0.3) is 0 Å². The third-order valence-electron chi connectivity index (χ3n) is 5.34. The van der Waals surface area contributed by atoms with Crippen LogP contribution in [0.5, 0.6) is 0 Å². The molecule has 0 aliphatic carbocycles. The molecule has 166 valence electrons. The number of nitrogens with one attached hydrogen (secondary N) is 2. The Kier molecular flexibility index (Phi) is 7.20. The second-order valence-electron chi connectivity index (χ2n) is 7.42. The van der Waals surface area contributed by atoms with E-state index >= 15 is 0 Å². The maximum Gasteiger partial charge on any atom is 0.241 e. The molecule has 2 aromatic carbocycles. The zero-order valence-electron chi connectivity index (χ0n) is 16.8. The largest absolute Gasteiger partial charge is 0.379 e. The summed E-state index contributed by atoms with van der Waals surface area (Å²) in [5, 5.41) is 6.02. The minimum absolute atomic E-state index is 0.230. The van der Waals surface area contributed by atoms with E-state index in [0.717, 1.165) is 9.79 Å². The van der Waals surface area contributed by atoms with Crippen LogP contribution in [0, 0.1) is 0 Å². The Bertz CT molecular complexity index is 1030. The summed E-state index contributed by atoms with van der Waals surface area (Å²) in [6.45, 7) is 1.83. The first-order valence-corrected chi connectivity index (χ1v) is 12.8. The Morgan fingerprint density at radius 3 is 2.55 bits per heavy atom. The molecule has 2 aliphatic heterocycles. The molecule has 2 saturated heterocycles. The minimum Gasteiger partial charge on any atom is -0.379 e. The van der Waals surface area contributed by atoms with Crippen LogP contribution >= 0.6 is 23.4 Å². The topological polar surface area (TPSA) is 87.7 Å². The number of sulfonamides is 1. The molecule has 2 atom stereocenters. The average molecular weight is 482 g/mol. The van der Waals surface area contributed by atoms with Crippen molar-refractivity contribution in [2.75, 3.05) is 38.2 Å². The van der Waals surface area contributed by atoms with Gasteiger partial charge in [-0.2, -0.15) is 4.31 Å². The highest BCUT2D eigenvalue weighted by Crippen LogP contribution is 2.33. The first kappa shape index (κ1) is 22.6. The van der Waals surface area contributed by atoms with Crippen LogP contribution in [-0.2, 0) is 19.6 Å². The fourth-order valence-corrected chi connectivity index (χ4v) is 6.54. The van der Waals surface area contributed by atoms with Gasteiger partial charge in [0.15, 0.2) is 0 Å². The summed E-state index contributed by atoms with van der Waals surface area (Å²) in [6.07, 6.45) is 0.256. The Hall–Kier alpha value is -1.62. The predicted molar refractivity (Wildman–Crippen MR) is 122 cm³/mol. The van der Waals surface area contributed by atoms with E-state index < -0.39 is 21.3 Å². The second-order valence-corrected chi connectivity index (χ2v) is 11.2. The molecule has 31 heavy (non-hydrogen) atoms. The third-order valence-corrected chi connectivity index (χ3v) is 9.16. The number of nitrogens with zero attached hydrogens (tertiary/aromatic N) is 1. The van der Waals surface area contributed by atoms with Gasteiger partial charge >= 0.3 is 0 Å². The molecular formula is C21H24ClN3O4S2. The summed E-state index contributed by atoms with van der Waals surface area (Å²) in [6, 6.07) is 14.6. The molecule has 2 aromatic rings. The van der Waals surface area contributed by atoms with Crippen LogP contribution in [0.3, 0.4) is 0 Å². The molecule has 2 aliphatic rings. The van der Waals surface area contributed by atoms with Gasteiger partial charge in [-0.1, -0.05) is 35.5 Å². The van der Waals surface area contributed by atoms with E-state index in [-0.39, 0.29) is 18.9 Å². The molecule has 4 rings (SSSR count). The van der Waals surface area contributed by atoms with Crippen LogP contribution in [0.15, 0.2) is 58.3 Å². The van der Waals surface area contributed by atoms with Crippen LogP contribution in [0.1, 0.15) is 6.42 Å². The van der Waals surface area contributed by atoms with E-state index in [2.05, 4.69) is 10.6 Å². The van der Waals surface area contributed by atoms with Gasteiger partial charge in [0.05, 0.1) is 29.5 Å². The van der Waals surface area contributed by atoms with Crippen molar-refractivity contribution in [3.63, 3.8) is 0 Å². The molecule has 0 radical (unpaired) electrons. The highest BCUT2D eigenvalue weighted by molar-refractivity contribution is 7.99. The predicted octanol–water partition coefficient (Wildman–Crippen LogP) is 2.82. The quantitative estimate of drug-likeness (QED) is 0.659. The lowest BCUT2D eigenvalue weighted by Gasteiger charge is -2.28. The summed E-state index contributed by atoms with van der Waals surface area (Å²) in [5.41, 5.74) is 0.662. The molecule has 0 saturated carbocycles. The average Bonchev–Trinajstić information content (AvgIpc) is 3.29. The monoisotopic (exact) mass is 481 g/mol. The van der Waals surface area contributed by atoms with Crippen LogP contribution in [0.2, 0.25) is 5.02 Å². The van der Waals surface area contributed by atoms with Gasteiger partial charge < -0.3 is 15.4 Å². The molecule has 2 N–H and O–H groups in total. The molecule has 1 amide bonds. The Morgan fingerprint density at radius 2 is 1.84 bits per heavy atom. The van der Waals surface area contributed by atoms with Crippen molar-refractivity contribution >= 4 is 45.0 Å². The van der Waals surface area contributed by atoms with Crippen LogP contribution in [0.4, 0.5) is 5.69 Å². The van der Waals surface area contributed by atoms with Gasteiger partial charge in [0.2, 0.25) is 15.9 Å². The van der Waals surface area contributed by atoms with Gasteiger partial charge in [-0.15, -0.1) is 0 Å². The van der Waals surface area contributed by atoms with Crippen LogP contribution < -0.4 is 10.6 Å². The number of anilines is 1. The molecule has 10 heteroatoms. The number of hydrogen-bond donors (Lipinski definition) is 2. The zero-order chi connectivity index (χ0) is 21.8. The van der Waals surface area contributed by atoms with Gasteiger partial charge in [-0.3, -0.25) is 4.79 Å². The van der Waals surface area contributed by atoms with E-state index in [1.54, 1.807) is 11.8 Å². The molecule has 0 aromatic heterocycles. The van der Waals surface area contributed by atoms with Gasteiger partial charge in [0, 0.05) is 35.1 Å². The summed E-state index contributed by atoms with van der Waals surface area (Å²) < 4.78 is 32.3. The highest BCUT2D eigenvalue weighted by Gasteiger charge is 2.40. The normalized spacial score (nSPS) is 22.4. The van der Waals surface area contributed by atoms with Crippen molar-refractivity contribution in [2.24, 2.45) is 0 Å². The summed E-state index contributed by atoms with van der Waals surface area (Å²) in [7, 11) is -3.44. The Balaban J connectivity index is 1.33. The van der Waals surface area contributed by atoms with E-state index in [1.807, 2.05) is 48.5 Å². The van der Waals surface area contributed by atoms with Crippen molar-refractivity contribution in [3.05, 3.63) is 53.6 Å². The number of halogens is 1. The maximum atomic E-state index is 12.8. The second kappa shape index (κ2) is 9.89. The molecule has 2 unspecified atom stereocenters. The Labute approximate surface area is 191 Å². The van der Waals surface area contributed by atoms with Gasteiger partial charge in [0.1, 0.15) is 0 Å². The van der Waals surface area contributed by atoms with E-state index in [0.29, 0.717) is 37.0 Å². The van der Waals surface area contributed by atoms with Crippen molar-refractivity contribution in [1.82, 2.24) is 9.62 Å². The number of hydrogen-bond acceptors (Lipinski definition) is 6. The smallest absolute Gasteiger partial charge is 0.241 e. The number of morpholine rings is 1. The minimum atomic E-state index is -3.44. The standard InChI is InChI=1S/C21H24ClN3O4S2/c22-18-3-1-2-4-20(18)30-16-7-5-15(6-8-16)24-21(26)19-13-17(14-23-19)31(27,28)25-9-11-29-12-10-25/h1-8,17,19,23H,9-14H2,(H,24,26). The number of benzene rings is 2. The number of ether oxygens (including phenoxy) is 1. The molecule has 7 nitrogen and oxygen atoms in total. The van der Waals surface area contributed by atoms with E-state index in [4.69, 9.17) is 16.3 Å². The van der Waals surface area contributed by atoms with Crippen molar-refractivity contribution in [2.45, 2.75) is 27.5 Å². The highest BCUT2D eigenvalue weighted by atomic mass is 35.5. The lowest BCUT2D eigenvalue weighted by atomic mass is 10.2. The zero-order valence-corrected chi connectivity index (χ0v) is 19.2. The summed E-state index contributed by atoms with van der Waals surface area (Å²) in [5.74, 6) is -0.230. The molecule has 2 fully saturated rings. The fourth-order valence-electron chi connectivity index (χ4n) is 3.63. The van der Waals surface area contributed by atoms with Gasteiger partial charge in [-0.05, 0) is 42.8 Å². The maximum absolute atomic E-state index is 12.8. The van der Waals surface area contributed by atoms with Crippen molar-refractivity contribution in [3.8, 4) is 0 Å². The number of carbonyl (C=O) groups is 1. The lowest BCUT2D eigenvalue weighted by Crippen LogP contribution is -2.45. The fraction of sp³-hybridized carbons (Fsp3) is 0.381. The number of amides is 1. The van der Waals surface area contributed by atoms with Gasteiger partial charge in [-0.25, -0.2) is 8.42 Å². The molecule has 2 heterocycles. The first-order valence-electron chi connectivity index (χ1n) is 10.1. The van der Waals surface area contributed by atoms with Crippen molar-refractivity contribution < 1.29 is 17.9 Å². The van der Waals surface area contributed by atoms with E-state index in [1.165, 1.54) is 4.31 Å². The number of carbonyl (C=O) groups excluding carboxylic acids is 1. The molecule has 0 spiro atoms. The van der Waals surface area contributed by atoms with Crippen LogP contribution in [-0.4, -0.2) is 62.8 Å². The number of rotatable bonds is 6. The Morgan fingerprint density at radius 1 is 1.13 bits per heavy atom. The third kappa shape index (κ3) is 5.42. The van der Waals surface area contributed by atoms with Crippen molar-refractivity contribution in [1.29, 1.82) is 0 Å². The first-order chi connectivity index (χ1) is 14.9. The summed E-state index contributed by atoms with van der Waals surface area (Å²) in [4.78, 5) is 14.6.